The quantitative estimate of drug-likeness (QED) is 0.761. The van der Waals surface area contributed by atoms with E-state index in [0.29, 0.717) is 25.8 Å². The summed E-state index contributed by atoms with van der Waals surface area (Å²) in [5.74, 6) is 0.896. The van der Waals surface area contributed by atoms with Gasteiger partial charge >= 0.3 is 0 Å². The van der Waals surface area contributed by atoms with Crippen LogP contribution in [0.15, 0.2) is 28.7 Å². The number of rotatable bonds is 8. The van der Waals surface area contributed by atoms with Crippen LogP contribution in [-0.2, 0) is 11.2 Å². The van der Waals surface area contributed by atoms with Gasteiger partial charge in [-0.2, -0.15) is 11.8 Å². The fourth-order valence-electron chi connectivity index (χ4n) is 1.63. The molecule has 0 saturated carbocycles. The number of hydrogen-bond acceptors (Lipinski definition) is 3. The number of aliphatic hydroxyl groups excluding tert-OH is 1. The minimum Gasteiger partial charge on any atom is -0.391 e. The zero-order valence-electron chi connectivity index (χ0n) is 11.1. The molecule has 0 saturated heterocycles. The van der Waals surface area contributed by atoms with E-state index < -0.39 is 6.10 Å². The van der Waals surface area contributed by atoms with Crippen LogP contribution in [0.25, 0.3) is 0 Å². The van der Waals surface area contributed by atoms with Crippen LogP contribution in [0.2, 0.25) is 0 Å². The Morgan fingerprint density at radius 1 is 1.47 bits per heavy atom. The van der Waals surface area contributed by atoms with Crippen molar-refractivity contribution in [2.24, 2.45) is 0 Å². The maximum atomic E-state index is 11.7. The van der Waals surface area contributed by atoms with E-state index in [1.54, 1.807) is 11.8 Å². The molecule has 0 fully saturated rings. The van der Waals surface area contributed by atoms with Crippen molar-refractivity contribution >= 4 is 33.6 Å². The lowest BCUT2D eigenvalue weighted by atomic mass is 10.1. The normalized spacial score (nSPS) is 12.2. The van der Waals surface area contributed by atoms with Gasteiger partial charge in [0.1, 0.15) is 0 Å². The largest absolute Gasteiger partial charge is 0.391 e. The Bertz CT molecular complexity index is 401. The van der Waals surface area contributed by atoms with Crippen LogP contribution >= 0.6 is 27.7 Å². The minimum atomic E-state index is -0.445. The Labute approximate surface area is 127 Å². The van der Waals surface area contributed by atoms with Gasteiger partial charge in [-0.3, -0.25) is 4.79 Å². The highest BCUT2D eigenvalue weighted by molar-refractivity contribution is 9.10. The van der Waals surface area contributed by atoms with E-state index in [-0.39, 0.29) is 5.91 Å². The molecular formula is C14H20BrNO2S. The number of carbonyl (C=O) groups excluding carboxylic acids is 1. The van der Waals surface area contributed by atoms with Crippen LogP contribution in [0, 0.1) is 0 Å². The fraction of sp³-hybridized carbons (Fsp3) is 0.500. The number of nitrogens with one attached hydrogen (secondary N) is 1. The van der Waals surface area contributed by atoms with Gasteiger partial charge in [-0.1, -0.05) is 34.1 Å². The second-order valence-corrected chi connectivity index (χ2v) is 6.17. The predicted octanol–water partition coefficient (Wildman–Crippen LogP) is 2.61. The number of aliphatic hydroxyl groups is 1. The maximum absolute atomic E-state index is 11.7. The second-order valence-electron chi connectivity index (χ2n) is 4.33. The molecule has 0 bridgehead atoms. The molecule has 1 aromatic carbocycles. The van der Waals surface area contributed by atoms with Crippen molar-refractivity contribution in [3.05, 3.63) is 34.3 Å². The predicted molar refractivity (Wildman–Crippen MR) is 84.5 cm³/mol. The molecule has 0 aliphatic rings. The third-order valence-corrected chi connectivity index (χ3v) is 4.19. The van der Waals surface area contributed by atoms with Crippen LogP contribution in [0.1, 0.15) is 18.4 Å². The van der Waals surface area contributed by atoms with Crippen molar-refractivity contribution in [2.75, 3.05) is 18.6 Å². The van der Waals surface area contributed by atoms with Crippen molar-refractivity contribution in [2.45, 2.75) is 25.4 Å². The Hall–Kier alpha value is -0.520. The summed E-state index contributed by atoms with van der Waals surface area (Å²) < 4.78 is 1.03. The van der Waals surface area contributed by atoms with Crippen molar-refractivity contribution in [1.29, 1.82) is 0 Å². The number of hydrogen-bond donors (Lipinski definition) is 2. The van der Waals surface area contributed by atoms with Crippen molar-refractivity contribution in [3.63, 3.8) is 0 Å². The number of halogens is 1. The minimum absolute atomic E-state index is 0.0149. The Morgan fingerprint density at radius 2 is 2.21 bits per heavy atom. The smallest absolute Gasteiger partial charge is 0.220 e. The van der Waals surface area contributed by atoms with Crippen LogP contribution in [0.4, 0.5) is 0 Å². The highest BCUT2D eigenvalue weighted by atomic mass is 79.9. The molecule has 1 atom stereocenters. The molecule has 3 nitrogen and oxygen atoms in total. The SMILES string of the molecule is CSCCC(O)CNC(=O)CCc1ccccc1Br. The molecule has 1 amide bonds. The van der Waals surface area contributed by atoms with Gasteiger partial charge in [0.15, 0.2) is 0 Å². The number of aryl methyl sites for hydroxylation is 1. The first-order chi connectivity index (χ1) is 9.13. The topological polar surface area (TPSA) is 49.3 Å². The van der Waals surface area contributed by atoms with Gasteiger partial charge in [0, 0.05) is 17.4 Å². The number of carbonyl (C=O) groups is 1. The zero-order chi connectivity index (χ0) is 14.1. The lowest BCUT2D eigenvalue weighted by molar-refractivity contribution is -0.121. The van der Waals surface area contributed by atoms with Crippen LogP contribution in [0.5, 0.6) is 0 Å². The van der Waals surface area contributed by atoms with Gasteiger partial charge in [0.2, 0.25) is 5.91 Å². The summed E-state index contributed by atoms with van der Waals surface area (Å²) in [5.41, 5.74) is 1.13. The fourth-order valence-corrected chi connectivity index (χ4v) is 2.62. The molecule has 19 heavy (non-hydrogen) atoms. The summed E-state index contributed by atoms with van der Waals surface area (Å²) in [6, 6.07) is 7.89. The lowest BCUT2D eigenvalue weighted by Crippen LogP contribution is -2.32. The van der Waals surface area contributed by atoms with E-state index in [4.69, 9.17) is 0 Å². The highest BCUT2D eigenvalue weighted by Gasteiger charge is 2.07. The second kappa shape index (κ2) is 9.39. The zero-order valence-corrected chi connectivity index (χ0v) is 13.5. The van der Waals surface area contributed by atoms with Gasteiger partial charge in [-0.05, 0) is 36.5 Å². The Kier molecular flexibility index (Phi) is 8.18. The van der Waals surface area contributed by atoms with Crippen molar-refractivity contribution < 1.29 is 9.90 Å². The molecule has 1 unspecified atom stereocenters. The molecule has 1 rings (SSSR count). The summed E-state index contributed by atoms with van der Waals surface area (Å²) in [4.78, 5) is 11.7. The Morgan fingerprint density at radius 3 is 2.89 bits per heavy atom. The first-order valence-electron chi connectivity index (χ1n) is 6.30. The maximum Gasteiger partial charge on any atom is 0.220 e. The van der Waals surface area contributed by atoms with E-state index in [1.165, 1.54) is 0 Å². The average Bonchev–Trinajstić information content (AvgIpc) is 2.42. The van der Waals surface area contributed by atoms with Gasteiger partial charge in [-0.15, -0.1) is 0 Å². The monoisotopic (exact) mass is 345 g/mol. The first-order valence-corrected chi connectivity index (χ1v) is 8.49. The molecule has 106 valence electrons. The van der Waals surface area contributed by atoms with Crippen LogP contribution in [0.3, 0.4) is 0 Å². The van der Waals surface area contributed by atoms with E-state index in [2.05, 4.69) is 21.2 Å². The van der Waals surface area contributed by atoms with E-state index in [1.807, 2.05) is 30.5 Å². The van der Waals surface area contributed by atoms with Crippen molar-refractivity contribution in [1.82, 2.24) is 5.32 Å². The summed E-state index contributed by atoms with van der Waals surface area (Å²) >= 11 is 5.16. The van der Waals surface area contributed by atoms with E-state index in [9.17, 15) is 9.90 Å². The van der Waals surface area contributed by atoms with Crippen LogP contribution < -0.4 is 5.32 Å². The molecular weight excluding hydrogens is 326 g/mol. The molecule has 0 heterocycles. The first kappa shape index (κ1) is 16.5. The Balaban J connectivity index is 2.23. The van der Waals surface area contributed by atoms with Gasteiger partial charge in [0.05, 0.1) is 6.10 Å². The standard InChI is InChI=1S/C14H20BrNO2S/c1-19-9-8-12(17)10-16-14(18)7-6-11-4-2-3-5-13(11)15/h2-5,12,17H,6-10H2,1H3,(H,16,18). The van der Waals surface area contributed by atoms with Crippen molar-refractivity contribution in [3.8, 4) is 0 Å². The average molecular weight is 346 g/mol. The third kappa shape index (κ3) is 6.99. The molecule has 0 spiro atoms. The molecule has 0 aromatic heterocycles. The lowest BCUT2D eigenvalue weighted by Gasteiger charge is -2.11. The third-order valence-electron chi connectivity index (χ3n) is 2.77. The molecule has 2 N–H and O–H groups in total. The summed E-state index contributed by atoms with van der Waals surface area (Å²) in [6.07, 6.45) is 3.42. The molecule has 0 radical (unpaired) electrons. The summed E-state index contributed by atoms with van der Waals surface area (Å²) in [6.45, 7) is 0.343. The van der Waals surface area contributed by atoms with Crippen LogP contribution in [-0.4, -0.2) is 35.7 Å². The number of thioether (sulfide) groups is 1. The molecule has 1 aromatic rings. The number of amides is 1. The highest BCUT2D eigenvalue weighted by Crippen LogP contribution is 2.17. The molecule has 5 heteroatoms. The van der Waals surface area contributed by atoms with Gasteiger partial charge in [0.25, 0.3) is 0 Å². The number of benzene rings is 1. The van der Waals surface area contributed by atoms with Gasteiger partial charge in [-0.25, -0.2) is 0 Å². The van der Waals surface area contributed by atoms with E-state index >= 15 is 0 Å². The molecule has 0 aliphatic heterocycles. The molecule has 0 aliphatic carbocycles. The van der Waals surface area contributed by atoms with E-state index in [0.717, 1.165) is 15.8 Å². The summed E-state index contributed by atoms with van der Waals surface area (Å²) in [7, 11) is 0. The summed E-state index contributed by atoms with van der Waals surface area (Å²) in [5, 5.41) is 12.4. The van der Waals surface area contributed by atoms with Gasteiger partial charge < -0.3 is 10.4 Å².